The number of rotatable bonds is 6. The van der Waals surface area contributed by atoms with Gasteiger partial charge in [-0.1, -0.05) is 0 Å². The fourth-order valence-corrected chi connectivity index (χ4v) is 2.56. The Kier molecular flexibility index (Phi) is 5.63. The zero-order valence-electron chi connectivity index (χ0n) is 9.81. The minimum atomic E-state index is -3.22. The van der Waals surface area contributed by atoms with Gasteiger partial charge in [0.15, 0.2) is 0 Å². The number of hydrogen-bond acceptors (Lipinski definition) is 5. The highest BCUT2D eigenvalue weighted by molar-refractivity contribution is 7.89. The van der Waals surface area contributed by atoms with Gasteiger partial charge < -0.3 is 14.8 Å². The molecular formula is C9H20N2O4S. The minimum Gasteiger partial charge on any atom is -0.384 e. The van der Waals surface area contributed by atoms with Crippen LogP contribution in [-0.2, 0) is 19.5 Å². The Hall–Kier alpha value is -0.210. The van der Waals surface area contributed by atoms with Crippen LogP contribution in [0.4, 0.5) is 0 Å². The number of nitrogens with one attached hydrogen (secondary N) is 1. The zero-order valence-corrected chi connectivity index (χ0v) is 10.6. The third-order valence-corrected chi connectivity index (χ3v) is 4.27. The fraction of sp³-hybridized carbons (Fsp3) is 1.00. The van der Waals surface area contributed by atoms with E-state index in [1.54, 1.807) is 7.05 Å². The van der Waals surface area contributed by atoms with Crippen molar-refractivity contribution in [2.24, 2.45) is 0 Å². The van der Waals surface area contributed by atoms with Crippen molar-refractivity contribution in [3.05, 3.63) is 0 Å². The van der Waals surface area contributed by atoms with Crippen molar-refractivity contribution in [1.82, 2.24) is 9.62 Å². The van der Waals surface area contributed by atoms with E-state index in [0.29, 0.717) is 19.7 Å². The lowest BCUT2D eigenvalue weighted by atomic mass is 10.3. The molecule has 1 fully saturated rings. The predicted octanol–water partition coefficient (Wildman–Crippen LogP) is -1.12. The lowest BCUT2D eigenvalue weighted by Gasteiger charge is -2.27. The van der Waals surface area contributed by atoms with Gasteiger partial charge in [0.1, 0.15) is 0 Å². The maximum atomic E-state index is 11.7. The smallest absolute Gasteiger partial charge is 0.216 e. The van der Waals surface area contributed by atoms with E-state index in [4.69, 9.17) is 9.47 Å². The van der Waals surface area contributed by atoms with E-state index in [1.807, 2.05) is 0 Å². The normalized spacial score (nSPS) is 22.6. The van der Waals surface area contributed by atoms with E-state index < -0.39 is 10.0 Å². The van der Waals surface area contributed by atoms with E-state index in [9.17, 15) is 8.42 Å². The van der Waals surface area contributed by atoms with Gasteiger partial charge in [-0.3, -0.25) is 0 Å². The van der Waals surface area contributed by atoms with E-state index in [-0.39, 0.29) is 18.5 Å². The average molecular weight is 252 g/mol. The molecule has 96 valence electrons. The molecule has 1 aliphatic rings. The molecule has 0 amide bonds. The largest absolute Gasteiger partial charge is 0.384 e. The molecule has 0 spiro atoms. The Balaban J connectivity index is 2.40. The number of methoxy groups -OCH3 is 1. The number of morpholine rings is 1. The van der Waals surface area contributed by atoms with Crippen LogP contribution in [-0.4, -0.2) is 71.6 Å². The van der Waals surface area contributed by atoms with Gasteiger partial charge in [0.25, 0.3) is 0 Å². The second-order valence-electron chi connectivity index (χ2n) is 3.79. The molecule has 0 bridgehead atoms. The molecule has 1 N–H and O–H groups in total. The van der Waals surface area contributed by atoms with Crippen molar-refractivity contribution < 1.29 is 17.9 Å². The highest BCUT2D eigenvalue weighted by atomic mass is 32.2. The molecule has 0 aromatic rings. The Labute approximate surface area is 97.0 Å². The summed E-state index contributed by atoms with van der Waals surface area (Å²) in [5, 5.41) is 3.16. The molecule has 0 radical (unpaired) electrons. The minimum absolute atomic E-state index is 0.0140. The lowest BCUT2D eigenvalue weighted by molar-refractivity contribution is 0.0205. The molecule has 0 aromatic carbocycles. The van der Waals surface area contributed by atoms with Crippen LogP contribution in [0.2, 0.25) is 0 Å². The van der Waals surface area contributed by atoms with Crippen LogP contribution in [0, 0.1) is 0 Å². The van der Waals surface area contributed by atoms with Gasteiger partial charge in [-0.05, 0) is 0 Å². The second-order valence-corrected chi connectivity index (χ2v) is 5.98. The molecule has 1 saturated heterocycles. The standard InChI is InChI=1S/C9H20N2O4S/c1-11(16(12,13)6-5-14-2)8-9-7-10-3-4-15-9/h9-10H,3-8H2,1-2H3. The first-order chi connectivity index (χ1) is 7.56. The SMILES string of the molecule is COCCS(=O)(=O)N(C)CC1CNCCO1. The number of nitrogens with zero attached hydrogens (tertiary/aromatic N) is 1. The maximum absolute atomic E-state index is 11.7. The van der Waals surface area contributed by atoms with Gasteiger partial charge in [0.05, 0.1) is 25.1 Å². The van der Waals surface area contributed by atoms with Crippen molar-refractivity contribution in [3.8, 4) is 0 Å². The number of likely N-dealkylation sites (N-methyl/N-ethyl adjacent to an activating group) is 1. The summed E-state index contributed by atoms with van der Waals surface area (Å²) in [4.78, 5) is 0. The van der Waals surface area contributed by atoms with Gasteiger partial charge >= 0.3 is 0 Å². The van der Waals surface area contributed by atoms with Crippen molar-refractivity contribution in [2.45, 2.75) is 6.10 Å². The summed E-state index contributed by atoms with van der Waals surface area (Å²) in [6, 6.07) is 0. The summed E-state index contributed by atoms with van der Waals surface area (Å²) in [7, 11) is -0.159. The monoisotopic (exact) mass is 252 g/mol. The quantitative estimate of drug-likeness (QED) is 0.649. The first-order valence-corrected chi connectivity index (χ1v) is 6.92. The predicted molar refractivity (Wildman–Crippen MR) is 60.9 cm³/mol. The molecule has 7 heteroatoms. The summed E-state index contributed by atoms with van der Waals surface area (Å²) in [5.74, 6) is 0.0140. The van der Waals surface area contributed by atoms with E-state index >= 15 is 0 Å². The van der Waals surface area contributed by atoms with Crippen molar-refractivity contribution >= 4 is 10.0 Å². The molecule has 1 aliphatic heterocycles. The van der Waals surface area contributed by atoms with Gasteiger partial charge in [-0.25, -0.2) is 12.7 Å². The number of hydrogen-bond donors (Lipinski definition) is 1. The summed E-state index contributed by atoms with van der Waals surface area (Å²) in [5.41, 5.74) is 0. The van der Waals surface area contributed by atoms with Crippen molar-refractivity contribution in [2.75, 3.05) is 52.8 Å². The van der Waals surface area contributed by atoms with Crippen molar-refractivity contribution in [1.29, 1.82) is 0 Å². The molecule has 0 aromatic heterocycles. The van der Waals surface area contributed by atoms with E-state index in [1.165, 1.54) is 11.4 Å². The molecule has 6 nitrogen and oxygen atoms in total. The van der Waals surface area contributed by atoms with Gasteiger partial charge in [0, 0.05) is 33.8 Å². The molecule has 1 atom stereocenters. The Morgan fingerprint density at radius 2 is 2.31 bits per heavy atom. The summed E-state index contributed by atoms with van der Waals surface area (Å²) in [6.45, 7) is 2.77. The Morgan fingerprint density at radius 3 is 2.88 bits per heavy atom. The Morgan fingerprint density at radius 1 is 1.56 bits per heavy atom. The highest BCUT2D eigenvalue weighted by Gasteiger charge is 2.23. The van der Waals surface area contributed by atoms with Crippen LogP contribution < -0.4 is 5.32 Å². The average Bonchev–Trinajstić information content (AvgIpc) is 2.28. The highest BCUT2D eigenvalue weighted by Crippen LogP contribution is 2.04. The van der Waals surface area contributed by atoms with Crippen LogP contribution in [0.3, 0.4) is 0 Å². The second kappa shape index (κ2) is 6.51. The van der Waals surface area contributed by atoms with Gasteiger partial charge in [0.2, 0.25) is 10.0 Å². The number of sulfonamides is 1. The van der Waals surface area contributed by atoms with Crippen LogP contribution in [0.25, 0.3) is 0 Å². The summed E-state index contributed by atoms with van der Waals surface area (Å²) in [6.07, 6.45) is -0.0592. The molecule has 16 heavy (non-hydrogen) atoms. The topological polar surface area (TPSA) is 67.9 Å². The molecule has 1 unspecified atom stereocenters. The lowest BCUT2D eigenvalue weighted by Crippen LogP contribution is -2.46. The molecule has 1 rings (SSSR count). The van der Waals surface area contributed by atoms with Crippen LogP contribution >= 0.6 is 0 Å². The maximum Gasteiger partial charge on any atom is 0.216 e. The fourth-order valence-electron chi connectivity index (χ4n) is 1.48. The van der Waals surface area contributed by atoms with Crippen LogP contribution in [0.15, 0.2) is 0 Å². The van der Waals surface area contributed by atoms with Crippen LogP contribution in [0.5, 0.6) is 0 Å². The van der Waals surface area contributed by atoms with Gasteiger partial charge in [-0.15, -0.1) is 0 Å². The zero-order chi connectivity index (χ0) is 12.0. The number of ether oxygens (including phenoxy) is 2. The molecule has 0 aliphatic carbocycles. The Bertz CT molecular complexity index is 288. The third-order valence-electron chi connectivity index (χ3n) is 2.49. The summed E-state index contributed by atoms with van der Waals surface area (Å²) < 4.78 is 35.0. The van der Waals surface area contributed by atoms with E-state index in [2.05, 4.69) is 5.32 Å². The van der Waals surface area contributed by atoms with Crippen LogP contribution in [0.1, 0.15) is 0 Å². The van der Waals surface area contributed by atoms with E-state index in [0.717, 1.165) is 6.54 Å². The molecule has 0 saturated carbocycles. The van der Waals surface area contributed by atoms with Gasteiger partial charge in [-0.2, -0.15) is 0 Å². The first-order valence-electron chi connectivity index (χ1n) is 5.31. The van der Waals surface area contributed by atoms with Crippen molar-refractivity contribution in [3.63, 3.8) is 0 Å². The molecular weight excluding hydrogens is 232 g/mol. The third kappa shape index (κ3) is 4.34. The first kappa shape index (κ1) is 13.9. The summed E-state index contributed by atoms with van der Waals surface area (Å²) >= 11 is 0. The molecule has 1 heterocycles.